The van der Waals surface area contributed by atoms with Gasteiger partial charge in [-0.1, -0.05) is 0 Å². The van der Waals surface area contributed by atoms with E-state index < -0.39 is 17.8 Å². The van der Waals surface area contributed by atoms with Gasteiger partial charge in [-0.3, -0.25) is 4.98 Å². The molecule has 2 aliphatic rings. The Labute approximate surface area is 160 Å². The standard InChI is InChI=1S/C20H20F3N3O2/c21-20(22,23)14-5-6-18(25-28-19(27)26-9-1-2-10-26)16(11-14)17-12-24-8-7-15(17)13-3-4-13/h5-8,11-13,25H,1-4,9-10H2. The summed E-state index contributed by atoms with van der Waals surface area (Å²) in [6.45, 7) is 1.24. The van der Waals surface area contributed by atoms with Crippen molar-refractivity contribution < 1.29 is 22.8 Å². The predicted octanol–water partition coefficient (Wildman–Crippen LogP) is 5.20. The minimum atomic E-state index is -4.47. The third kappa shape index (κ3) is 3.90. The largest absolute Gasteiger partial charge is 0.434 e. The normalized spacial score (nSPS) is 16.9. The predicted molar refractivity (Wildman–Crippen MR) is 97.6 cm³/mol. The first-order valence-electron chi connectivity index (χ1n) is 9.31. The van der Waals surface area contributed by atoms with Gasteiger partial charge < -0.3 is 9.74 Å². The molecule has 5 nitrogen and oxygen atoms in total. The highest BCUT2D eigenvalue weighted by Crippen LogP contribution is 2.46. The van der Waals surface area contributed by atoms with Crippen molar-refractivity contribution in [2.75, 3.05) is 18.6 Å². The molecule has 0 unspecified atom stereocenters. The zero-order valence-corrected chi connectivity index (χ0v) is 15.1. The van der Waals surface area contributed by atoms with Crippen molar-refractivity contribution >= 4 is 11.8 Å². The molecule has 1 aromatic heterocycles. The van der Waals surface area contributed by atoms with Crippen molar-refractivity contribution in [2.45, 2.75) is 37.8 Å². The highest BCUT2D eigenvalue weighted by atomic mass is 19.4. The first-order chi connectivity index (χ1) is 13.4. The van der Waals surface area contributed by atoms with Crippen LogP contribution in [0.2, 0.25) is 0 Å². The minimum absolute atomic E-state index is 0.301. The summed E-state index contributed by atoms with van der Waals surface area (Å²) in [5.74, 6) is 0.326. The van der Waals surface area contributed by atoms with Gasteiger partial charge in [-0.15, -0.1) is 0 Å². The number of hydrogen-bond acceptors (Lipinski definition) is 4. The fourth-order valence-corrected chi connectivity index (χ4v) is 3.48. The molecule has 1 N–H and O–H groups in total. The molecule has 0 bridgehead atoms. The SMILES string of the molecule is O=C(ONc1ccc(C(F)(F)F)cc1-c1cnccc1C1CC1)N1CCCC1. The van der Waals surface area contributed by atoms with Gasteiger partial charge in [0, 0.05) is 36.6 Å². The molecule has 1 aromatic carbocycles. The number of carbonyl (C=O) groups is 1. The van der Waals surface area contributed by atoms with Crippen molar-refractivity contribution in [3.05, 3.63) is 47.8 Å². The van der Waals surface area contributed by atoms with E-state index in [1.165, 1.54) is 6.07 Å². The number of anilines is 1. The lowest BCUT2D eigenvalue weighted by Gasteiger charge is -2.19. The van der Waals surface area contributed by atoms with E-state index in [4.69, 9.17) is 4.84 Å². The molecule has 4 rings (SSSR count). The van der Waals surface area contributed by atoms with E-state index in [0.29, 0.717) is 35.8 Å². The second-order valence-corrected chi connectivity index (χ2v) is 7.16. The molecular weight excluding hydrogens is 371 g/mol. The number of aromatic nitrogens is 1. The van der Waals surface area contributed by atoms with Crippen LogP contribution < -0.4 is 5.48 Å². The molecule has 0 atom stereocenters. The molecule has 1 saturated heterocycles. The number of benzene rings is 1. The number of nitrogens with zero attached hydrogens (tertiary/aromatic N) is 2. The first kappa shape index (κ1) is 18.6. The van der Waals surface area contributed by atoms with Crippen LogP contribution in [0.5, 0.6) is 0 Å². The Morgan fingerprint density at radius 1 is 1.14 bits per heavy atom. The summed E-state index contributed by atoms with van der Waals surface area (Å²) in [5, 5.41) is 0. The molecule has 0 radical (unpaired) electrons. The van der Waals surface area contributed by atoms with Crippen molar-refractivity contribution in [1.29, 1.82) is 0 Å². The van der Waals surface area contributed by atoms with Gasteiger partial charge >= 0.3 is 12.3 Å². The van der Waals surface area contributed by atoms with E-state index in [9.17, 15) is 18.0 Å². The molecule has 0 spiro atoms. The number of amides is 1. The van der Waals surface area contributed by atoms with Crippen LogP contribution in [-0.4, -0.2) is 29.1 Å². The summed E-state index contributed by atoms with van der Waals surface area (Å²) in [5.41, 5.74) is 4.01. The van der Waals surface area contributed by atoms with Gasteiger partial charge in [0.25, 0.3) is 0 Å². The number of pyridine rings is 1. The van der Waals surface area contributed by atoms with Crippen molar-refractivity contribution in [3.8, 4) is 11.1 Å². The maximum absolute atomic E-state index is 13.3. The third-order valence-electron chi connectivity index (χ3n) is 5.12. The summed E-state index contributed by atoms with van der Waals surface area (Å²) in [4.78, 5) is 22.9. The van der Waals surface area contributed by atoms with Crippen LogP contribution in [0.25, 0.3) is 11.1 Å². The number of nitrogens with one attached hydrogen (secondary N) is 1. The molecule has 28 heavy (non-hydrogen) atoms. The van der Waals surface area contributed by atoms with Crippen LogP contribution in [0, 0.1) is 0 Å². The fourth-order valence-electron chi connectivity index (χ4n) is 3.48. The molecule has 2 heterocycles. The lowest BCUT2D eigenvalue weighted by Crippen LogP contribution is -2.30. The van der Waals surface area contributed by atoms with Crippen LogP contribution >= 0.6 is 0 Å². The zero-order valence-electron chi connectivity index (χ0n) is 15.1. The molecule has 8 heteroatoms. The number of halogens is 3. The Balaban J connectivity index is 1.67. The Bertz CT molecular complexity index is 875. The van der Waals surface area contributed by atoms with E-state index >= 15 is 0 Å². The lowest BCUT2D eigenvalue weighted by atomic mass is 9.96. The highest BCUT2D eigenvalue weighted by molar-refractivity contribution is 5.81. The summed E-state index contributed by atoms with van der Waals surface area (Å²) in [7, 11) is 0. The number of likely N-dealkylation sites (tertiary alicyclic amines) is 1. The summed E-state index contributed by atoms with van der Waals surface area (Å²) < 4.78 is 39.8. The zero-order chi connectivity index (χ0) is 19.7. The maximum Gasteiger partial charge on any atom is 0.434 e. The molecule has 2 aromatic rings. The summed E-state index contributed by atoms with van der Waals surface area (Å²) in [6, 6.07) is 5.18. The second-order valence-electron chi connectivity index (χ2n) is 7.16. The van der Waals surface area contributed by atoms with E-state index in [2.05, 4.69) is 10.5 Å². The Hall–Kier alpha value is -2.77. The van der Waals surface area contributed by atoms with Gasteiger partial charge in [-0.2, -0.15) is 13.2 Å². The Kier molecular flexibility index (Phi) is 4.87. The Morgan fingerprint density at radius 2 is 1.89 bits per heavy atom. The van der Waals surface area contributed by atoms with Gasteiger partial charge in [0.2, 0.25) is 0 Å². The van der Waals surface area contributed by atoms with Crippen LogP contribution in [0.15, 0.2) is 36.7 Å². The van der Waals surface area contributed by atoms with E-state index in [1.807, 2.05) is 6.07 Å². The minimum Gasteiger partial charge on any atom is -0.324 e. The van der Waals surface area contributed by atoms with Crippen molar-refractivity contribution in [3.63, 3.8) is 0 Å². The molecule has 1 aliphatic heterocycles. The average Bonchev–Trinajstić information content (AvgIpc) is 3.38. The average molecular weight is 391 g/mol. The highest BCUT2D eigenvalue weighted by Gasteiger charge is 2.33. The van der Waals surface area contributed by atoms with Crippen LogP contribution in [0.1, 0.15) is 42.7 Å². The van der Waals surface area contributed by atoms with Gasteiger partial charge in [0.05, 0.1) is 11.3 Å². The van der Waals surface area contributed by atoms with Crippen molar-refractivity contribution in [2.24, 2.45) is 0 Å². The van der Waals surface area contributed by atoms with Crippen LogP contribution in [-0.2, 0) is 11.0 Å². The summed E-state index contributed by atoms with van der Waals surface area (Å²) in [6.07, 6.45) is 2.05. The smallest absolute Gasteiger partial charge is 0.324 e. The number of alkyl halides is 3. The monoisotopic (exact) mass is 391 g/mol. The molecule has 2 fully saturated rings. The van der Waals surface area contributed by atoms with Gasteiger partial charge in [0.15, 0.2) is 0 Å². The van der Waals surface area contributed by atoms with Crippen molar-refractivity contribution in [1.82, 2.24) is 9.88 Å². The Morgan fingerprint density at radius 3 is 2.57 bits per heavy atom. The van der Waals surface area contributed by atoms with Crippen LogP contribution in [0.4, 0.5) is 23.7 Å². The van der Waals surface area contributed by atoms with E-state index in [1.54, 1.807) is 17.3 Å². The molecule has 148 valence electrons. The third-order valence-corrected chi connectivity index (χ3v) is 5.12. The first-order valence-corrected chi connectivity index (χ1v) is 9.31. The quantitative estimate of drug-likeness (QED) is 0.728. The number of carbonyl (C=O) groups excluding carboxylic acids is 1. The maximum atomic E-state index is 13.3. The fraction of sp³-hybridized carbons (Fsp3) is 0.400. The molecule has 1 aliphatic carbocycles. The number of hydrogen-bond donors (Lipinski definition) is 1. The lowest BCUT2D eigenvalue weighted by molar-refractivity contribution is -0.137. The van der Waals surface area contributed by atoms with Crippen LogP contribution in [0.3, 0.4) is 0 Å². The topological polar surface area (TPSA) is 54.5 Å². The van der Waals surface area contributed by atoms with E-state index in [-0.39, 0.29) is 0 Å². The van der Waals surface area contributed by atoms with Gasteiger partial charge in [0.1, 0.15) is 0 Å². The van der Waals surface area contributed by atoms with Gasteiger partial charge in [-0.05, 0) is 61.4 Å². The summed E-state index contributed by atoms with van der Waals surface area (Å²) >= 11 is 0. The molecule has 1 amide bonds. The molecular formula is C20H20F3N3O2. The van der Waals surface area contributed by atoms with Gasteiger partial charge in [-0.25, -0.2) is 10.3 Å². The molecule has 1 saturated carbocycles. The van der Waals surface area contributed by atoms with E-state index in [0.717, 1.165) is 43.4 Å². The second kappa shape index (κ2) is 7.33. The number of rotatable bonds is 4.